The maximum Gasteiger partial charge on any atom is 0.123 e. The van der Waals surface area contributed by atoms with Crippen LogP contribution in [0.15, 0.2) is 66.9 Å². The van der Waals surface area contributed by atoms with Crippen molar-refractivity contribution < 1.29 is 4.74 Å². The van der Waals surface area contributed by atoms with Crippen LogP contribution in [0.25, 0.3) is 0 Å². The average Bonchev–Trinajstić information content (AvgIpc) is 3.17. The lowest BCUT2D eigenvalue weighted by atomic mass is 9.94. The number of H-pyrrole nitrogens is 1. The predicted octanol–water partition coefficient (Wildman–Crippen LogP) is 6.51. The number of nitrogens with one attached hydrogen (secondary N) is 1. The number of rotatable bonds is 5. The quantitative estimate of drug-likeness (QED) is 0.539. The summed E-state index contributed by atoms with van der Waals surface area (Å²) in [7, 11) is 0. The second-order valence-corrected chi connectivity index (χ2v) is 8.97. The zero-order chi connectivity index (χ0) is 20.3. The van der Waals surface area contributed by atoms with Gasteiger partial charge < -0.3 is 14.6 Å². The minimum absolute atomic E-state index is 0.206. The predicted molar refractivity (Wildman–Crippen MR) is 121 cm³/mol. The van der Waals surface area contributed by atoms with E-state index < -0.39 is 0 Å². The summed E-state index contributed by atoms with van der Waals surface area (Å²) < 4.78 is 6.23. The van der Waals surface area contributed by atoms with Crippen molar-refractivity contribution in [3.05, 3.63) is 83.6 Å². The second-order valence-electron chi connectivity index (χ2n) is 8.97. The normalized spacial score (nSPS) is 17.3. The van der Waals surface area contributed by atoms with Crippen LogP contribution in [0, 0.1) is 0 Å². The van der Waals surface area contributed by atoms with Gasteiger partial charge in [-0.2, -0.15) is 0 Å². The molecule has 0 amide bonds. The fourth-order valence-electron chi connectivity index (χ4n) is 4.31. The molecule has 2 aromatic carbocycles. The highest BCUT2D eigenvalue weighted by atomic mass is 16.5. The summed E-state index contributed by atoms with van der Waals surface area (Å²) in [4.78, 5) is 6.12. The first-order valence-corrected chi connectivity index (χ1v) is 10.8. The Morgan fingerprint density at radius 3 is 2.48 bits per heavy atom. The summed E-state index contributed by atoms with van der Waals surface area (Å²) in [6.45, 7) is 7.39. The second kappa shape index (κ2) is 8.36. The van der Waals surface area contributed by atoms with Gasteiger partial charge in [0.1, 0.15) is 17.2 Å². The minimum atomic E-state index is -0.206. The number of ether oxygens (including phenoxy) is 1. The molecule has 1 aromatic heterocycles. The molecule has 0 bridgehead atoms. The molecular weight excluding hydrogens is 356 g/mol. The van der Waals surface area contributed by atoms with Crippen LogP contribution < -0.4 is 9.64 Å². The van der Waals surface area contributed by atoms with Crippen LogP contribution in [0.5, 0.6) is 5.75 Å². The van der Waals surface area contributed by atoms with Crippen LogP contribution in [0.3, 0.4) is 0 Å². The zero-order valence-corrected chi connectivity index (χ0v) is 17.8. The van der Waals surface area contributed by atoms with E-state index in [0.717, 1.165) is 18.7 Å². The Kier molecular flexibility index (Phi) is 5.66. The highest BCUT2D eigenvalue weighted by Gasteiger charge is 2.27. The molecule has 0 spiro atoms. The smallest absolute Gasteiger partial charge is 0.123 e. The summed E-state index contributed by atoms with van der Waals surface area (Å²) in [6.07, 6.45) is 6.67. The molecule has 1 aliphatic rings. The van der Waals surface area contributed by atoms with Crippen molar-refractivity contribution in [3.8, 4) is 5.75 Å². The zero-order valence-electron chi connectivity index (χ0n) is 17.8. The number of benzene rings is 2. The Labute approximate surface area is 174 Å². The van der Waals surface area contributed by atoms with Crippen LogP contribution in [-0.2, 0) is 6.42 Å². The van der Waals surface area contributed by atoms with Crippen LogP contribution in [0.2, 0.25) is 0 Å². The number of anilines is 1. The van der Waals surface area contributed by atoms with Crippen molar-refractivity contribution >= 4 is 5.82 Å². The molecule has 3 heteroatoms. The van der Waals surface area contributed by atoms with Gasteiger partial charge in [-0.3, -0.25) is 0 Å². The summed E-state index contributed by atoms with van der Waals surface area (Å²) >= 11 is 0. The lowest BCUT2D eigenvalue weighted by Gasteiger charge is -2.38. The third kappa shape index (κ3) is 4.67. The third-order valence-electron chi connectivity index (χ3n) is 5.55. The molecular formula is C26H32N2O. The van der Waals surface area contributed by atoms with E-state index in [-0.39, 0.29) is 5.60 Å². The van der Waals surface area contributed by atoms with Gasteiger partial charge in [-0.15, -0.1) is 0 Å². The third-order valence-corrected chi connectivity index (χ3v) is 5.55. The number of para-hydroxylation sites is 1. The molecule has 29 heavy (non-hydrogen) atoms. The van der Waals surface area contributed by atoms with Crippen LogP contribution in [0.4, 0.5) is 5.82 Å². The van der Waals surface area contributed by atoms with Crippen molar-refractivity contribution in [3.63, 3.8) is 0 Å². The first kappa shape index (κ1) is 19.6. The molecule has 3 nitrogen and oxygen atoms in total. The van der Waals surface area contributed by atoms with E-state index in [0.29, 0.717) is 6.04 Å². The van der Waals surface area contributed by atoms with Gasteiger partial charge in [0.25, 0.3) is 0 Å². The maximum absolute atomic E-state index is 6.23. The number of aromatic nitrogens is 1. The van der Waals surface area contributed by atoms with Gasteiger partial charge >= 0.3 is 0 Å². The molecule has 0 radical (unpaired) electrons. The molecule has 152 valence electrons. The van der Waals surface area contributed by atoms with E-state index in [1.165, 1.54) is 41.8 Å². The fourth-order valence-corrected chi connectivity index (χ4v) is 4.31. The van der Waals surface area contributed by atoms with Crippen molar-refractivity contribution in [1.29, 1.82) is 0 Å². The Balaban J connectivity index is 1.62. The number of piperidine rings is 1. The van der Waals surface area contributed by atoms with Crippen molar-refractivity contribution in [2.75, 3.05) is 11.4 Å². The Morgan fingerprint density at radius 2 is 1.69 bits per heavy atom. The maximum atomic E-state index is 6.23. The van der Waals surface area contributed by atoms with E-state index >= 15 is 0 Å². The molecule has 1 aliphatic heterocycles. The van der Waals surface area contributed by atoms with E-state index in [9.17, 15) is 0 Å². The molecule has 2 heterocycles. The van der Waals surface area contributed by atoms with Crippen LogP contribution in [0.1, 0.15) is 62.8 Å². The summed E-state index contributed by atoms with van der Waals surface area (Å²) in [5.74, 6) is 2.23. The standard InChI is InChI=1S/C26H32N2O/c1-26(2,3)29-24-15-8-7-13-21(24)19-22-16-17-27-25(22)28-18-10-9-14-23(28)20-11-5-4-6-12-20/h4-8,11-13,15-17,23,27H,9-10,14,18-19H2,1-3H3. The number of hydrogen-bond acceptors (Lipinski definition) is 2. The molecule has 1 unspecified atom stereocenters. The lowest BCUT2D eigenvalue weighted by Crippen LogP contribution is -2.34. The van der Waals surface area contributed by atoms with Gasteiger partial charge in [-0.1, -0.05) is 48.5 Å². The Bertz CT molecular complexity index is 923. The van der Waals surface area contributed by atoms with Gasteiger partial charge in [-0.05, 0) is 68.9 Å². The molecule has 4 rings (SSSR count). The van der Waals surface area contributed by atoms with Gasteiger partial charge in [0.15, 0.2) is 0 Å². The van der Waals surface area contributed by atoms with Crippen LogP contribution in [-0.4, -0.2) is 17.1 Å². The molecule has 0 aliphatic carbocycles. The number of hydrogen-bond donors (Lipinski definition) is 1. The highest BCUT2D eigenvalue weighted by molar-refractivity contribution is 5.53. The summed E-state index contributed by atoms with van der Waals surface area (Å²) in [5.41, 5.74) is 3.76. The van der Waals surface area contributed by atoms with E-state index in [2.05, 4.69) is 97.5 Å². The van der Waals surface area contributed by atoms with Gasteiger partial charge in [-0.25, -0.2) is 0 Å². The first-order chi connectivity index (χ1) is 14.0. The van der Waals surface area contributed by atoms with Crippen molar-refractivity contribution in [1.82, 2.24) is 4.98 Å². The average molecular weight is 389 g/mol. The van der Waals surface area contributed by atoms with Crippen LogP contribution >= 0.6 is 0 Å². The van der Waals surface area contributed by atoms with Crippen molar-refractivity contribution in [2.45, 2.75) is 58.1 Å². The van der Waals surface area contributed by atoms with Gasteiger partial charge in [0.2, 0.25) is 0 Å². The lowest BCUT2D eigenvalue weighted by molar-refractivity contribution is 0.129. The Hall–Kier alpha value is -2.68. The molecule has 1 fully saturated rings. The van der Waals surface area contributed by atoms with E-state index in [1.54, 1.807) is 0 Å². The fraction of sp³-hybridized carbons (Fsp3) is 0.385. The van der Waals surface area contributed by atoms with E-state index in [1.807, 2.05) is 0 Å². The van der Waals surface area contributed by atoms with Crippen molar-refractivity contribution in [2.24, 2.45) is 0 Å². The van der Waals surface area contributed by atoms with Gasteiger partial charge in [0.05, 0.1) is 6.04 Å². The van der Waals surface area contributed by atoms with E-state index in [4.69, 9.17) is 4.74 Å². The first-order valence-electron chi connectivity index (χ1n) is 10.8. The molecule has 1 N–H and O–H groups in total. The highest BCUT2D eigenvalue weighted by Crippen LogP contribution is 2.37. The van der Waals surface area contributed by atoms with Gasteiger partial charge in [0, 0.05) is 19.2 Å². The topological polar surface area (TPSA) is 28.3 Å². The minimum Gasteiger partial charge on any atom is -0.488 e. The molecule has 0 saturated carbocycles. The number of nitrogens with zero attached hydrogens (tertiary/aromatic N) is 1. The molecule has 3 aromatic rings. The summed E-state index contributed by atoms with van der Waals surface area (Å²) in [5, 5.41) is 0. The monoisotopic (exact) mass is 388 g/mol. The Morgan fingerprint density at radius 1 is 0.931 bits per heavy atom. The number of aromatic amines is 1. The summed E-state index contributed by atoms with van der Waals surface area (Å²) in [6, 6.07) is 22.0. The largest absolute Gasteiger partial charge is 0.488 e. The molecule has 1 atom stereocenters. The SMILES string of the molecule is CC(C)(C)Oc1ccccc1Cc1cc[nH]c1N1CCCCC1c1ccccc1. The molecule has 1 saturated heterocycles.